The molecule has 14 heavy (non-hydrogen) atoms. The van der Waals surface area contributed by atoms with Crippen LogP contribution in [0.2, 0.25) is 0 Å². The summed E-state index contributed by atoms with van der Waals surface area (Å²) in [6.07, 6.45) is 1.32. The average Bonchev–Trinajstić information content (AvgIpc) is 2.00. The third-order valence-electron chi connectivity index (χ3n) is 3.02. The maximum Gasteiger partial charge on any atom is 0.0169 e. The first-order valence-corrected chi connectivity index (χ1v) is 5.99. The predicted molar refractivity (Wildman–Crippen MR) is 62.5 cm³/mol. The van der Waals surface area contributed by atoms with Crippen molar-refractivity contribution in [1.82, 2.24) is 10.2 Å². The number of rotatable bonds is 3. The van der Waals surface area contributed by atoms with Crippen LogP contribution >= 0.6 is 0 Å². The van der Waals surface area contributed by atoms with Crippen LogP contribution in [-0.2, 0) is 0 Å². The van der Waals surface area contributed by atoms with E-state index < -0.39 is 0 Å². The van der Waals surface area contributed by atoms with E-state index in [2.05, 4.69) is 44.8 Å². The third kappa shape index (κ3) is 3.58. The minimum atomic E-state index is 0.647. The van der Waals surface area contributed by atoms with Gasteiger partial charge in [0.25, 0.3) is 0 Å². The van der Waals surface area contributed by atoms with Crippen LogP contribution in [-0.4, -0.2) is 36.1 Å². The van der Waals surface area contributed by atoms with Crippen LogP contribution in [0.3, 0.4) is 0 Å². The predicted octanol–water partition coefficient (Wildman–Crippen LogP) is 2.10. The summed E-state index contributed by atoms with van der Waals surface area (Å²) in [7, 11) is 0. The Morgan fingerprint density at radius 3 is 2.07 bits per heavy atom. The summed E-state index contributed by atoms with van der Waals surface area (Å²) in [4.78, 5) is 2.63. The summed E-state index contributed by atoms with van der Waals surface area (Å²) in [5.41, 5.74) is 0. The van der Waals surface area contributed by atoms with E-state index in [0.29, 0.717) is 12.1 Å². The van der Waals surface area contributed by atoms with Crippen LogP contribution in [0.1, 0.15) is 41.0 Å². The van der Waals surface area contributed by atoms with Gasteiger partial charge in [0.05, 0.1) is 0 Å². The van der Waals surface area contributed by atoms with Crippen LogP contribution in [0.5, 0.6) is 0 Å². The molecule has 0 spiro atoms. The molecule has 0 radical (unpaired) electrons. The number of nitrogens with one attached hydrogen (secondary N) is 1. The van der Waals surface area contributed by atoms with Gasteiger partial charge in [-0.3, -0.25) is 4.90 Å². The molecule has 1 N–H and O–H groups in total. The second-order valence-corrected chi connectivity index (χ2v) is 5.40. The van der Waals surface area contributed by atoms with Crippen LogP contribution in [0, 0.1) is 5.92 Å². The summed E-state index contributed by atoms with van der Waals surface area (Å²) in [5, 5.41) is 3.58. The van der Waals surface area contributed by atoms with Crippen LogP contribution in [0.15, 0.2) is 0 Å². The second kappa shape index (κ2) is 5.13. The van der Waals surface area contributed by atoms with Gasteiger partial charge in [-0.1, -0.05) is 13.8 Å². The second-order valence-electron chi connectivity index (χ2n) is 5.40. The summed E-state index contributed by atoms with van der Waals surface area (Å²) in [6.45, 7) is 14.0. The quantitative estimate of drug-likeness (QED) is 0.747. The van der Waals surface area contributed by atoms with Crippen molar-refractivity contribution in [1.29, 1.82) is 0 Å². The summed E-state index contributed by atoms with van der Waals surface area (Å²) in [6, 6.07) is 2.03. The van der Waals surface area contributed by atoms with E-state index in [1.807, 2.05) is 0 Å². The molecule has 0 aromatic heterocycles. The van der Waals surface area contributed by atoms with Crippen molar-refractivity contribution in [3.8, 4) is 0 Å². The molecular formula is C12H26N2. The molecule has 1 saturated heterocycles. The molecule has 1 aliphatic rings. The first-order valence-electron chi connectivity index (χ1n) is 5.99. The zero-order valence-electron chi connectivity index (χ0n) is 10.4. The molecule has 1 rings (SSSR count). The van der Waals surface area contributed by atoms with Gasteiger partial charge in [-0.05, 0) is 33.1 Å². The first kappa shape index (κ1) is 12.0. The normalized spacial score (nSPS) is 32.1. The number of nitrogens with zero attached hydrogens (tertiary/aromatic N) is 1. The highest BCUT2D eigenvalue weighted by Gasteiger charge is 2.24. The fourth-order valence-corrected chi connectivity index (χ4v) is 2.56. The smallest absolute Gasteiger partial charge is 0.0169 e. The van der Waals surface area contributed by atoms with Gasteiger partial charge in [-0.15, -0.1) is 0 Å². The van der Waals surface area contributed by atoms with E-state index >= 15 is 0 Å². The fraction of sp³-hybridized carbons (Fsp3) is 1.00. The molecule has 2 nitrogen and oxygen atoms in total. The Balaban J connectivity index is 2.42. The van der Waals surface area contributed by atoms with Crippen LogP contribution < -0.4 is 5.32 Å². The molecule has 1 aliphatic heterocycles. The van der Waals surface area contributed by atoms with Crippen molar-refractivity contribution in [2.24, 2.45) is 5.92 Å². The van der Waals surface area contributed by atoms with Gasteiger partial charge >= 0.3 is 0 Å². The SMILES string of the molecule is CC(C)CC(C)N1C[C@@H](C)N[C@@H](C)C1. The fourth-order valence-electron chi connectivity index (χ4n) is 2.56. The van der Waals surface area contributed by atoms with Crippen LogP contribution in [0.4, 0.5) is 0 Å². The highest BCUT2D eigenvalue weighted by Crippen LogP contribution is 2.14. The highest BCUT2D eigenvalue weighted by molar-refractivity contribution is 4.83. The van der Waals surface area contributed by atoms with E-state index in [1.54, 1.807) is 0 Å². The third-order valence-corrected chi connectivity index (χ3v) is 3.02. The number of hydrogen-bond acceptors (Lipinski definition) is 2. The Morgan fingerprint density at radius 1 is 1.14 bits per heavy atom. The summed E-state index contributed by atoms with van der Waals surface area (Å²) >= 11 is 0. The van der Waals surface area contributed by atoms with Crippen molar-refractivity contribution in [3.63, 3.8) is 0 Å². The van der Waals surface area contributed by atoms with Gasteiger partial charge in [-0.2, -0.15) is 0 Å². The molecular weight excluding hydrogens is 172 g/mol. The topological polar surface area (TPSA) is 15.3 Å². The lowest BCUT2D eigenvalue weighted by atomic mass is 10.0. The molecule has 1 unspecified atom stereocenters. The maximum absolute atomic E-state index is 3.58. The van der Waals surface area contributed by atoms with Gasteiger partial charge < -0.3 is 5.32 Å². The van der Waals surface area contributed by atoms with Gasteiger partial charge in [0, 0.05) is 31.2 Å². The lowest BCUT2D eigenvalue weighted by Gasteiger charge is -2.40. The largest absolute Gasteiger partial charge is 0.309 e. The van der Waals surface area contributed by atoms with Gasteiger partial charge in [0.1, 0.15) is 0 Å². The van der Waals surface area contributed by atoms with E-state index in [0.717, 1.165) is 12.0 Å². The zero-order valence-corrected chi connectivity index (χ0v) is 10.4. The molecule has 2 heteroatoms. The van der Waals surface area contributed by atoms with Crippen molar-refractivity contribution >= 4 is 0 Å². The van der Waals surface area contributed by atoms with Crippen molar-refractivity contribution in [3.05, 3.63) is 0 Å². The molecule has 0 aliphatic carbocycles. The minimum Gasteiger partial charge on any atom is -0.309 e. The summed E-state index contributed by atoms with van der Waals surface area (Å²) in [5.74, 6) is 0.811. The molecule has 0 bridgehead atoms. The Labute approximate surface area is 89.1 Å². The monoisotopic (exact) mass is 198 g/mol. The molecule has 3 atom stereocenters. The molecule has 0 saturated carbocycles. The molecule has 84 valence electrons. The Morgan fingerprint density at radius 2 is 1.64 bits per heavy atom. The van der Waals surface area contributed by atoms with Gasteiger partial charge in [-0.25, -0.2) is 0 Å². The molecule has 0 aromatic carbocycles. The Bertz CT molecular complexity index is 158. The van der Waals surface area contributed by atoms with Gasteiger partial charge in [0.15, 0.2) is 0 Å². The van der Waals surface area contributed by atoms with E-state index in [-0.39, 0.29) is 0 Å². The lowest BCUT2D eigenvalue weighted by molar-refractivity contribution is 0.118. The Hall–Kier alpha value is -0.0800. The van der Waals surface area contributed by atoms with Crippen molar-refractivity contribution in [2.75, 3.05) is 13.1 Å². The van der Waals surface area contributed by atoms with E-state index in [1.165, 1.54) is 19.5 Å². The lowest BCUT2D eigenvalue weighted by Crippen LogP contribution is -2.56. The molecule has 0 aromatic rings. The average molecular weight is 198 g/mol. The standard InChI is InChI=1S/C12H26N2/c1-9(2)6-12(5)14-7-10(3)13-11(4)8-14/h9-13H,6-8H2,1-5H3/t10-,11+,12?. The molecule has 1 fully saturated rings. The van der Waals surface area contributed by atoms with Crippen LogP contribution in [0.25, 0.3) is 0 Å². The maximum atomic E-state index is 3.58. The Kier molecular flexibility index (Phi) is 4.39. The van der Waals surface area contributed by atoms with Gasteiger partial charge in [0.2, 0.25) is 0 Å². The molecule has 0 amide bonds. The van der Waals surface area contributed by atoms with E-state index in [9.17, 15) is 0 Å². The minimum absolute atomic E-state index is 0.647. The highest BCUT2D eigenvalue weighted by atomic mass is 15.2. The summed E-state index contributed by atoms with van der Waals surface area (Å²) < 4.78 is 0. The van der Waals surface area contributed by atoms with Crippen molar-refractivity contribution < 1.29 is 0 Å². The zero-order chi connectivity index (χ0) is 10.7. The number of piperazine rings is 1. The molecule has 1 heterocycles. The van der Waals surface area contributed by atoms with E-state index in [4.69, 9.17) is 0 Å². The number of hydrogen-bond donors (Lipinski definition) is 1. The van der Waals surface area contributed by atoms with Crippen molar-refractivity contribution in [2.45, 2.75) is 59.2 Å². The first-order chi connectivity index (χ1) is 6.49.